The number of benzene rings is 4. The number of ether oxygens (including phenoxy) is 4. The van der Waals surface area contributed by atoms with Gasteiger partial charge in [-0.1, -0.05) is 37.1 Å². The Hall–Kier alpha value is -5.81. The highest BCUT2D eigenvalue weighted by Gasteiger charge is 2.42. The summed E-state index contributed by atoms with van der Waals surface area (Å²) >= 11 is 0. The average Bonchev–Trinajstić information content (AvgIpc) is 3.79. The van der Waals surface area contributed by atoms with Crippen LogP contribution in [-0.2, 0) is 35.1 Å². The second kappa shape index (κ2) is 27.6. The number of hydrogen-bond donors (Lipinski definition) is 1. The summed E-state index contributed by atoms with van der Waals surface area (Å²) in [6.45, 7) is 10.5. The van der Waals surface area contributed by atoms with Crippen LogP contribution >= 0.6 is 8.53 Å². The highest BCUT2D eigenvalue weighted by molar-refractivity contribution is 7.89. The van der Waals surface area contributed by atoms with Crippen molar-refractivity contribution in [3.05, 3.63) is 141 Å². The number of methoxy groups -OCH3 is 2. The third-order valence-corrected chi connectivity index (χ3v) is 16.0. The van der Waals surface area contributed by atoms with E-state index in [-0.39, 0.29) is 56.1 Å². The highest BCUT2D eigenvalue weighted by atomic mass is 32.2. The molecular formula is C54H71N8O10PS. The number of aryl methyl sites for hydroxylation is 1. The lowest BCUT2D eigenvalue weighted by Crippen LogP contribution is -2.42. The summed E-state index contributed by atoms with van der Waals surface area (Å²) in [4.78, 5) is 30.0. The van der Waals surface area contributed by atoms with Crippen LogP contribution in [0.2, 0.25) is 0 Å². The minimum atomic E-state index is -3.77. The Morgan fingerprint density at radius 1 is 0.824 bits per heavy atom. The van der Waals surface area contributed by atoms with Gasteiger partial charge in [0.05, 0.1) is 62.3 Å². The van der Waals surface area contributed by atoms with Crippen molar-refractivity contribution in [2.45, 2.75) is 121 Å². The van der Waals surface area contributed by atoms with Crippen LogP contribution in [0.15, 0.2) is 128 Å². The minimum absolute atomic E-state index is 0.0366. The number of rotatable bonds is 28. The van der Waals surface area contributed by atoms with Crippen molar-refractivity contribution in [1.82, 2.24) is 18.5 Å². The summed E-state index contributed by atoms with van der Waals surface area (Å²) < 4.78 is 71.4. The molecule has 0 amide bonds. The molecule has 1 aliphatic heterocycles. The van der Waals surface area contributed by atoms with E-state index in [1.165, 1.54) is 21.3 Å². The number of nitriles is 1. The van der Waals surface area contributed by atoms with Gasteiger partial charge in [-0.2, -0.15) is 15.5 Å². The van der Waals surface area contributed by atoms with Crippen LogP contribution in [0.1, 0.15) is 95.2 Å². The maximum atomic E-state index is 14.3. The van der Waals surface area contributed by atoms with Crippen LogP contribution < -0.4 is 30.3 Å². The fraction of sp³-hybridized carbons (Fsp3) is 0.463. The lowest BCUT2D eigenvalue weighted by molar-refractivity contribution is -0.0732. The molecule has 1 unspecified atom stereocenters. The van der Waals surface area contributed by atoms with Crippen LogP contribution in [0.3, 0.4) is 0 Å². The molecule has 1 N–H and O–H groups in total. The van der Waals surface area contributed by atoms with Gasteiger partial charge in [-0.15, -0.1) is 0 Å². The van der Waals surface area contributed by atoms with Crippen molar-refractivity contribution in [3.8, 4) is 17.6 Å². The molecule has 6 rings (SSSR count). The Balaban J connectivity index is 1.12. The molecule has 18 nitrogen and oxygen atoms in total. The van der Waals surface area contributed by atoms with E-state index in [9.17, 15) is 23.3 Å². The van der Waals surface area contributed by atoms with E-state index < -0.39 is 54.3 Å². The molecule has 0 spiro atoms. The molecule has 398 valence electrons. The number of sulfonamides is 1. The van der Waals surface area contributed by atoms with Crippen molar-refractivity contribution in [2.75, 3.05) is 53.0 Å². The first-order valence-corrected chi connectivity index (χ1v) is 27.6. The molecule has 5 aromatic rings. The number of aromatic nitrogens is 2. The monoisotopic (exact) mass is 1050 g/mol. The van der Waals surface area contributed by atoms with Crippen molar-refractivity contribution < 1.29 is 36.4 Å². The Labute approximate surface area is 436 Å². The van der Waals surface area contributed by atoms with E-state index in [4.69, 9.17) is 28.0 Å². The zero-order chi connectivity index (χ0) is 53.4. The van der Waals surface area contributed by atoms with Crippen molar-refractivity contribution in [3.63, 3.8) is 0 Å². The van der Waals surface area contributed by atoms with Gasteiger partial charge < -0.3 is 32.9 Å². The molecule has 1 aromatic heterocycles. The maximum absolute atomic E-state index is 14.3. The molecule has 1 fully saturated rings. The number of azo groups is 1. The van der Waals surface area contributed by atoms with Gasteiger partial charge in [-0.25, -0.2) is 22.6 Å². The van der Waals surface area contributed by atoms with Crippen LogP contribution in [0.5, 0.6) is 11.5 Å². The zero-order valence-corrected chi connectivity index (χ0v) is 45.6. The van der Waals surface area contributed by atoms with Gasteiger partial charge in [0.15, 0.2) is 0 Å². The quantitative estimate of drug-likeness (QED) is 0.0282. The number of nitrogens with one attached hydrogen (secondary N) is 1. The van der Waals surface area contributed by atoms with Gasteiger partial charge in [-0.3, -0.25) is 13.9 Å². The van der Waals surface area contributed by atoms with E-state index in [0.717, 1.165) is 16.8 Å². The van der Waals surface area contributed by atoms with Crippen molar-refractivity contribution in [1.29, 1.82) is 5.26 Å². The first kappa shape index (κ1) is 57.5. The Morgan fingerprint density at radius 3 is 1.93 bits per heavy atom. The van der Waals surface area contributed by atoms with Crippen molar-refractivity contribution in [2.24, 2.45) is 10.2 Å². The summed E-state index contributed by atoms with van der Waals surface area (Å²) in [5, 5.41) is 17.9. The predicted molar refractivity (Wildman–Crippen MR) is 287 cm³/mol. The standard InChI is InChI=1S/C54H71N8O10PS/c1-38(2)62(39(3)4)73(70-34-14-31-55)72-49-35-51(71-50(49)37-69-52(41-15-25-46(67-8)26-16-41)42-17-27-47(68-9)28-18-42)61-36-40(5)53(63)60(54(61)64)33-13-11-10-12-32-56-74(65,66)48-29-21-44(22-30-48)58-57-43-19-23-45(24-20-43)59(6)7/h15-30,36,38-39,49-52,56H,10-14,32-35,37H2,1-9H3/t49-,50+,51+,73?/m0/s1. The molecule has 4 aromatic carbocycles. The molecular weight excluding hydrogens is 984 g/mol. The molecule has 0 radical (unpaired) electrons. The Morgan fingerprint density at radius 2 is 1.39 bits per heavy atom. The normalized spacial score (nSPS) is 16.4. The lowest BCUT2D eigenvalue weighted by atomic mass is 10.0. The average molecular weight is 1060 g/mol. The lowest BCUT2D eigenvalue weighted by Gasteiger charge is -2.37. The molecule has 74 heavy (non-hydrogen) atoms. The second-order valence-corrected chi connectivity index (χ2v) is 21.9. The van der Waals surface area contributed by atoms with Crippen LogP contribution in [0, 0.1) is 18.3 Å². The van der Waals surface area contributed by atoms with Gasteiger partial charge in [-0.05, 0) is 131 Å². The fourth-order valence-corrected chi connectivity index (χ4v) is 11.3. The number of anilines is 1. The first-order valence-electron chi connectivity index (χ1n) is 24.9. The number of hydrogen-bond acceptors (Lipinski definition) is 15. The van der Waals surface area contributed by atoms with Crippen LogP contribution in [0.25, 0.3) is 0 Å². The predicted octanol–water partition coefficient (Wildman–Crippen LogP) is 10.1. The minimum Gasteiger partial charge on any atom is -0.497 e. The van der Waals surface area contributed by atoms with E-state index in [2.05, 4.69) is 53.4 Å². The van der Waals surface area contributed by atoms with Gasteiger partial charge in [0.25, 0.3) is 14.1 Å². The topological polar surface area (TPSA) is 201 Å². The molecule has 0 bridgehead atoms. The smallest absolute Gasteiger partial charge is 0.333 e. The summed E-state index contributed by atoms with van der Waals surface area (Å²) in [5.74, 6) is 1.40. The third-order valence-electron chi connectivity index (χ3n) is 12.4. The van der Waals surface area contributed by atoms with Gasteiger partial charge in [0.1, 0.15) is 29.9 Å². The number of unbranched alkanes of at least 4 members (excludes halogenated alkanes) is 3. The molecule has 1 saturated heterocycles. The maximum Gasteiger partial charge on any atom is 0.333 e. The molecule has 20 heteroatoms. The van der Waals surface area contributed by atoms with E-state index in [1.54, 1.807) is 39.5 Å². The van der Waals surface area contributed by atoms with E-state index in [1.807, 2.05) is 91.8 Å². The second-order valence-electron chi connectivity index (χ2n) is 18.7. The highest BCUT2D eigenvalue weighted by Crippen LogP contribution is 2.50. The molecule has 0 aliphatic carbocycles. The summed E-state index contributed by atoms with van der Waals surface area (Å²) in [6, 6.07) is 31.3. The summed E-state index contributed by atoms with van der Waals surface area (Å²) in [6.07, 6.45) is 1.67. The fourth-order valence-electron chi connectivity index (χ4n) is 8.50. The van der Waals surface area contributed by atoms with Crippen LogP contribution in [0.4, 0.5) is 17.1 Å². The molecule has 0 saturated carbocycles. The van der Waals surface area contributed by atoms with Crippen molar-refractivity contribution >= 4 is 35.6 Å². The van der Waals surface area contributed by atoms with E-state index in [0.29, 0.717) is 54.1 Å². The molecule has 4 atom stereocenters. The molecule has 1 aliphatic rings. The first-order chi connectivity index (χ1) is 35.5. The van der Waals surface area contributed by atoms with E-state index >= 15 is 0 Å². The summed E-state index contributed by atoms with van der Waals surface area (Å²) in [5.41, 5.74) is 3.46. The third kappa shape index (κ3) is 15.6. The van der Waals surface area contributed by atoms with Gasteiger partial charge in [0.2, 0.25) is 10.0 Å². The zero-order valence-electron chi connectivity index (χ0n) is 43.9. The van der Waals surface area contributed by atoms with Crippen LogP contribution in [-0.4, -0.2) is 94.6 Å². The van der Waals surface area contributed by atoms with Gasteiger partial charge in [0, 0.05) is 63.1 Å². The van der Waals surface area contributed by atoms with Gasteiger partial charge >= 0.3 is 5.69 Å². The molecule has 2 heterocycles. The largest absolute Gasteiger partial charge is 0.497 e. The summed E-state index contributed by atoms with van der Waals surface area (Å²) in [7, 11) is 1.67. The Kier molecular flexibility index (Phi) is 21.5. The number of nitrogens with zero attached hydrogens (tertiary/aromatic N) is 7. The Bertz CT molecular complexity index is 2800. The SMILES string of the molecule is COc1ccc(C(OC[C@H]2O[C@@H](n3cc(C)c(=O)n(CCCCCCNS(=O)(=O)c4ccc(N=Nc5ccc(N(C)C)cc5)cc4)c3=O)C[C@@H]2OP(OCCC#N)N(C(C)C)C(C)C)c2ccc(OC)cc2)cc1.